The zero-order valence-electron chi connectivity index (χ0n) is 17.7. The van der Waals surface area contributed by atoms with Crippen molar-refractivity contribution in [2.45, 2.75) is 12.8 Å². The number of nitrogens with one attached hydrogen (secondary N) is 1. The second-order valence-corrected chi connectivity index (χ2v) is 8.01. The van der Waals surface area contributed by atoms with Crippen LogP contribution in [0.5, 0.6) is 11.5 Å². The van der Waals surface area contributed by atoms with Crippen molar-refractivity contribution in [2.24, 2.45) is 5.92 Å². The number of phenols is 1. The van der Waals surface area contributed by atoms with E-state index in [4.69, 9.17) is 16.3 Å². The summed E-state index contributed by atoms with van der Waals surface area (Å²) in [7, 11) is 1.51. The van der Waals surface area contributed by atoms with Crippen molar-refractivity contribution in [1.29, 1.82) is 5.26 Å². The Labute approximate surface area is 191 Å². The van der Waals surface area contributed by atoms with E-state index in [1.165, 1.54) is 25.3 Å². The summed E-state index contributed by atoms with van der Waals surface area (Å²) in [5.41, 5.74) is 1.02. The zero-order chi connectivity index (χ0) is 23.1. The molecule has 2 amide bonds. The summed E-state index contributed by atoms with van der Waals surface area (Å²) in [4.78, 5) is 27.3. The van der Waals surface area contributed by atoms with Gasteiger partial charge in [0.25, 0.3) is 11.8 Å². The fourth-order valence-electron chi connectivity index (χ4n) is 3.65. The highest BCUT2D eigenvalue weighted by Crippen LogP contribution is 2.26. The minimum absolute atomic E-state index is 0.0249. The van der Waals surface area contributed by atoms with Gasteiger partial charge in [-0.25, -0.2) is 0 Å². The summed E-state index contributed by atoms with van der Waals surface area (Å²) in [5.74, 6) is 0.00561. The van der Waals surface area contributed by atoms with Crippen LogP contribution in [0.3, 0.4) is 0 Å². The van der Waals surface area contributed by atoms with Crippen LogP contribution in [-0.4, -0.2) is 48.6 Å². The van der Waals surface area contributed by atoms with Gasteiger partial charge in [0, 0.05) is 24.7 Å². The molecule has 8 heteroatoms. The summed E-state index contributed by atoms with van der Waals surface area (Å²) in [6, 6.07) is 13.1. The maximum atomic E-state index is 13.0. The van der Waals surface area contributed by atoms with Crippen molar-refractivity contribution in [3.05, 3.63) is 64.2 Å². The average Bonchev–Trinajstić information content (AvgIpc) is 2.81. The molecule has 1 saturated heterocycles. The maximum Gasteiger partial charge on any atom is 0.261 e. The molecule has 0 unspecified atom stereocenters. The van der Waals surface area contributed by atoms with Gasteiger partial charge in [-0.05, 0) is 60.7 Å². The first-order valence-electron chi connectivity index (χ1n) is 10.2. The van der Waals surface area contributed by atoms with Gasteiger partial charge in [0.15, 0.2) is 0 Å². The molecule has 1 atom stereocenters. The summed E-state index contributed by atoms with van der Waals surface area (Å²) in [6.07, 6.45) is 3.14. The van der Waals surface area contributed by atoms with Crippen LogP contribution < -0.4 is 10.1 Å². The Morgan fingerprint density at radius 2 is 2.06 bits per heavy atom. The van der Waals surface area contributed by atoms with E-state index < -0.39 is 5.91 Å². The Morgan fingerprint density at radius 1 is 1.31 bits per heavy atom. The number of phenolic OH excluding ortho intramolecular Hbond substituents is 1. The fourth-order valence-corrected chi connectivity index (χ4v) is 3.82. The Balaban J connectivity index is 1.62. The molecule has 2 aromatic carbocycles. The lowest BCUT2D eigenvalue weighted by Crippen LogP contribution is -2.44. The van der Waals surface area contributed by atoms with Gasteiger partial charge in [-0.2, -0.15) is 5.26 Å². The lowest BCUT2D eigenvalue weighted by Gasteiger charge is -2.33. The van der Waals surface area contributed by atoms with Crippen LogP contribution in [0.1, 0.15) is 28.8 Å². The number of methoxy groups -OCH3 is 1. The number of aromatic hydroxyl groups is 1. The molecule has 0 spiro atoms. The van der Waals surface area contributed by atoms with E-state index in [-0.39, 0.29) is 23.1 Å². The monoisotopic (exact) mass is 453 g/mol. The number of benzene rings is 2. The van der Waals surface area contributed by atoms with E-state index >= 15 is 0 Å². The van der Waals surface area contributed by atoms with E-state index in [1.54, 1.807) is 35.2 Å². The molecule has 7 nitrogen and oxygen atoms in total. The lowest BCUT2D eigenvalue weighted by molar-refractivity contribution is -0.117. The van der Waals surface area contributed by atoms with E-state index in [0.717, 1.165) is 12.8 Å². The molecule has 0 aromatic heterocycles. The molecule has 1 heterocycles. The van der Waals surface area contributed by atoms with Crippen LogP contribution >= 0.6 is 11.6 Å². The summed E-state index contributed by atoms with van der Waals surface area (Å²) < 4.78 is 5.30. The van der Waals surface area contributed by atoms with Crippen LogP contribution in [-0.2, 0) is 4.79 Å². The molecule has 2 aromatic rings. The van der Waals surface area contributed by atoms with E-state index in [9.17, 15) is 20.0 Å². The van der Waals surface area contributed by atoms with Gasteiger partial charge in [0.2, 0.25) is 0 Å². The van der Waals surface area contributed by atoms with E-state index in [1.807, 2.05) is 6.07 Å². The SMILES string of the molecule is COc1ccc(Cl)cc1C(=O)N1CCC[C@H](CNC(=O)/C(C#N)=C/c2ccc(O)cc2)C1. The number of hydrogen-bond donors (Lipinski definition) is 2. The molecule has 0 radical (unpaired) electrons. The molecule has 166 valence electrons. The van der Waals surface area contributed by atoms with Crippen molar-refractivity contribution in [2.75, 3.05) is 26.7 Å². The van der Waals surface area contributed by atoms with Crippen LogP contribution in [0.15, 0.2) is 48.0 Å². The van der Waals surface area contributed by atoms with Crippen molar-refractivity contribution in [1.82, 2.24) is 10.2 Å². The van der Waals surface area contributed by atoms with Gasteiger partial charge in [-0.3, -0.25) is 9.59 Å². The first-order chi connectivity index (χ1) is 15.4. The maximum absolute atomic E-state index is 13.0. The molecule has 1 aliphatic heterocycles. The second kappa shape index (κ2) is 10.7. The van der Waals surface area contributed by atoms with E-state index in [0.29, 0.717) is 41.5 Å². The first-order valence-corrected chi connectivity index (χ1v) is 10.6. The summed E-state index contributed by atoms with van der Waals surface area (Å²) in [5, 5.41) is 22.0. The molecule has 0 saturated carbocycles. The highest BCUT2D eigenvalue weighted by molar-refractivity contribution is 6.31. The predicted octanol–water partition coefficient (Wildman–Crippen LogP) is 3.63. The zero-order valence-corrected chi connectivity index (χ0v) is 18.4. The lowest BCUT2D eigenvalue weighted by atomic mass is 9.97. The third-order valence-electron chi connectivity index (χ3n) is 5.32. The minimum atomic E-state index is -0.472. The number of ether oxygens (including phenoxy) is 1. The summed E-state index contributed by atoms with van der Waals surface area (Å²) >= 11 is 6.06. The number of piperidine rings is 1. The Morgan fingerprint density at radius 3 is 2.75 bits per heavy atom. The minimum Gasteiger partial charge on any atom is -0.508 e. The summed E-state index contributed by atoms with van der Waals surface area (Å²) in [6.45, 7) is 1.45. The molecule has 1 aliphatic rings. The van der Waals surface area contributed by atoms with Crippen LogP contribution in [0, 0.1) is 17.2 Å². The quantitative estimate of drug-likeness (QED) is 0.513. The number of carbonyl (C=O) groups is 2. The van der Waals surface area contributed by atoms with Gasteiger partial charge in [0.05, 0.1) is 12.7 Å². The smallest absolute Gasteiger partial charge is 0.261 e. The number of halogens is 1. The molecule has 3 rings (SSSR count). The third-order valence-corrected chi connectivity index (χ3v) is 5.55. The molecule has 1 fully saturated rings. The Bertz CT molecular complexity index is 1060. The van der Waals surface area contributed by atoms with Gasteiger partial charge in [-0.15, -0.1) is 0 Å². The number of rotatable bonds is 6. The van der Waals surface area contributed by atoms with Gasteiger partial charge >= 0.3 is 0 Å². The van der Waals surface area contributed by atoms with Crippen LogP contribution in [0.25, 0.3) is 6.08 Å². The Kier molecular flexibility index (Phi) is 7.74. The first kappa shape index (κ1) is 23.2. The number of nitrogens with zero attached hydrogens (tertiary/aromatic N) is 2. The fraction of sp³-hybridized carbons (Fsp3) is 0.292. The highest BCUT2D eigenvalue weighted by Gasteiger charge is 2.27. The molecule has 32 heavy (non-hydrogen) atoms. The van der Waals surface area contributed by atoms with E-state index in [2.05, 4.69) is 5.32 Å². The van der Waals surface area contributed by atoms with Crippen molar-refractivity contribution < 1.29 is 19.4 Å². The number of hydrogen-bond acceptors (Lipinski definition) is 5. The van der Waals surface area contributed by atoms with Crippen LogP contribution in [0.2, 0.25) is 5.02 Å². The van der Waals surface area contributed by atoms with Gasteiger partial charge in [-0.1, -0.05) is 23.7 Å². The van der Waals surface area contributed by atoms with Crippen LogP contribution in [0.4, 0.5) is 0 Å². The highest BCUT2D eigenvalue weighted by atomic mass is 35.5. The predicted molar refractivity (Wildman–Crippen MR) is 121 cm³/mol. The van der Waals surface area contributed by atoms with Crippen molar-refractivity contribution in [3.63, 3.8) is 0 Å². The van der Waals surface area contributed by atoms with Crippen molar-refractivity contribution in [3.8, 4) is 17.6 Å². The van der Waals surface area contributed by atoms with Gasteiger partial charge < -0.3 is 20.1 Å². The standard InChI is InChI=1S/C24H24ClN3O4/c1-32-22-9-6-19(25)12-21(22)24(31)28-10-2-3-17(15-28)14-27-23(30)18(13-26)11-16-4-7-20(29)8-5-16/h4-9,11-12,17,29H,2-3,10,14-15H2,1H3,(H,27,30)/b18-11+/t17-/m1/s1. The number of amides is 2. The molecule has 0 aliphatic carbocycles. The molecule has 2 N–H and O–H groups in total. The number of carbonyl (C=O) groups excluding carboxylic acids is 2. The topological polar surface area (TPSA) is 103 Å². The normalized spacial score (nSPS) is 16.2. The average molecular weight is 454 g/mol. The number of nitriles is 1. The Hall–Kier alpha value is -3.50. The van der Waals surface area contributed by atoms with Gasteiger partial charge in [0.1, 0.15) is 23.1 Å². The molecule has 0 bridgehead atoms. The van der Waals surface area contributed by atoms with Crippen molar-refractivity contribution >= 4 is 29.5 Å². The molecular weight excluding hydrogens is 430 g/mol. The number of likely N-dealkylation sites (tertiary alicyclic amines) is 1. The largest absolute Gasteiger partial charge is 0.508 e. The third kappa shape index (κ3) is 5.80. The second-order valence-electron chi connectivity index (χ2n) is 7.58. The molecular formula is C24H24ClN3O4.